The van der Waals surface area contributed by atoms with E-state index >= 15 is 0 Å². The fourth-order valence-electron chi connectivity index (χ4n) is 2.47. The van der Waals surface area contributed by atoms with E-state index in [1.807, 2.05) is 31.1 Å². The molecule has 1 aromatic rings. The van der Waals surface area contributed by atoms with Gasteiger partial charge in [-0.3, -0.25) is 4.79 Å². The maximum absolute atomic E-state index is 11.5. The van der Waals surface area contributed by atoms with E-state index in [1.165, 1.54) is 0 Å². The quantitative estimate of drug-likeness (QED) is 0.624. The van der Waals surface area contributed by atoms with Crippen molar-refractivity contribution in [3.05, 3.63) is 29.3 Å². The van der Waals surface area contributed by atoms with Gasteiger partial charge in [0, 0.05) is 36.3 Å². The highest BCUT2D eigenvalue weighted by molar-refractivity contribution is 5.94. The van der Waals surface area contributed by atoms with Gasteiger partial charge in [-0.15, -0.1) is 0 Å². The van der Waals surface area contributed by atoms with Crippen LogP contribution in [0.3, 0.4) is 0 Å². The first-order chi connectivity index (χ1) is 9.65. The highest BCUT2D eigenvalue weighted by Gasteiger charge is 2.21. The number of esters is 1. The summed E-state index contributed by atoms with van der Waals surface area (Å²) in [5.41, 5.74) is 3.78. The van der Waals surface area contributed by atoms with E-state index in [0.717, 1.165) is 28.9 Å². The van der Waals surface area contributed by atoms with E-state index in [1.54, 1.807) is 6.92 Å². The van der Waals surface area contributed by atoms with Gasteiger partial charge in [-0.1, -0.05) is 11.6 Å². The molecule has 1 aliphatic rings. The summed E-state index contributed by atoms with van der Waals surface area (Å²) in [4.78, 5) is 24.6. The van der Waals surface area contributed by atoms with Crippen molar-refractivity contribution in [1.29, 1.82) is 0 Å². The van der Waals surface area contributed by atoms with Crippen LogP contribution in [0.1, 0.15) is 30.9 Å². The van der Waals surface area contributed by atoms with E-state index in [9.17, 15) is 9.59 Å². The van der Waals surface area contributed by atoms with Crippen LogP contribution in [0.5, 0.6) is 0 Å². The molecule has 1 aliphatic heterocycles. The summed E-state index contributed by atoms with van der Waals surface area (Å²) in [5.74, 6) is 1.86. The number of ether oxygens (including phenoxy) is 1. The number of anilines is 1. The first-order valence-corrected chi connectivity index (χ1v) is 6.91. The third-order valence-corrected chi connectivity index (χ3v) is 3.46. The van der Waals surface area contributed by atoms with Crippen molar-refractivity contribution in [2.75, 3.05) is 24.6 Å². The van der Waals surface area contributed by atoms with Crippen molar-refractivity contribution in [3.8, 4) is 0 Å². The molecule has 0 aromatic heterocycles. The van der Waals surface area contributed by atoms with Crippen molar-refractivity contribution < 1.29 is 14.3 Å². The molecule has 1 aromatic carbocycles. The molecule has 0 atom stereocenters. The van der Waals surface area contributed by atoms with Gasteiger partial charge in [0.25, 0.3) is 0 Å². The molecule has 0 saturated heterocycles. The fraction of sp³-hybridized carbons (Fsp3) is 0.438. The second-order valence-corrected chi connectivity index (χ2v) is 4.89. The van der Waals surface area contributed by atoms with Gasteiger partial charge in [0.05, 0.1) is 13.0 Å². The van der Waals surface area contributed by atoms with Gasteiger partial charge in [0.1, 0.15) is 5.94 Å². The Morgan fingerprint density at radius 1 is 1.45 bits per heavy atom. The fourth-order valence-corrected chi connectivity index (χ4v) is 2.47. The number of hydrogen-bond acceptors (Lipinski definition) is 4. The zero-order valence-electron chi connectivity index (χ0n) is 11.9. The van der Waals surface area contributed by atoms with Crippen LogP contribution in [0.4, 0.5) is 5.69 Å². The molecule has 4 nitrogen and oxygen atoms in total. The molecular weight excluding hydrogens is 254 g/mol. The van der Waals surface area contributed by atoms with E-state index in [2.05, 4.69) is 4.90 Å². The smallest absolute Gasteiger partial charge is 0.307 e. The normalized spacial score (nSPS) is 13.7. The van der Waals surface area contributed by atoms with Crippen molar-refractivity contribution >= 4 is 23.2 Å². The summed E-state index contributed by atoms with van der Waals surface area (Å²) < 4.78 is 4.95. The SMILES string of the molecule is CCOC(=O)CCN1CCC(=C=O)c2cc(C)ccc21. The van der Waals surface area contributed by atoms with Gasteiger partial charge in [-0.05, 0) is 26.0 Å². The second-order valence-electron chi connectivity index (χ2n) is 4.89. The predicted molar refractivity (Wildman–Crippen MR) is 78.4 cm³/mol. The van der Waals surface area contributed by atoms with Crippen molar-refractivity contribution in [2.24, 2.45) is 0 Å². The predicted octanol–water partition coefficient (Wildman–Crippen LogP) is 2.37. The zero-order chi connectivity index (χ0) is 14.5. The van der Waals surface area contributed by atoms with Crippen LogP contribution in [-0.4, -0.2) is 31.6 Å². The van der Waals surface area contributed by atoms with E-state index < -0.39 is 0 Å². The Kier molecular flexibility index (Phi) is 4.59. The third-order valence-electron chi connectivity index (χ3n) is 3.46. The Morgan fingerprint density at radius 3 is 2.95 bits per heavy atom. The largest absolute Gasteiger partial charge is 0.466 e. The number of fused-ring (bicyclic) bond motifs is 1. The number of aryl methyl sites for hydroxylation is 1. The molecule has 0 bridgehead atoms. The Balaban J connectivity index is 2.18. The average Bonchev–Trinajstić information content (AvgIpc) is 2.44. The van der Waals surface area contributed by atoms with Crippen LogP contribution in [0.2, 0.25) is 0 Å². The maximum Gasteiger partial charge on any atom is 0.307 e. The number of hydrogen-bond donors (Lipinski definition) is 0. The molecule has 0 N–H and O–H groups in total. The summed E-state index contributed by atoms with van der Waals surface area (Å²) in [6.07, 6.45) is 1.03. The van der Waals surface area contributed by atoms with E-state index in [4.69, 9.17) is 4.74 Å². The first kappa shape index (κ1) is 14.4. The minimum Gasteiger partial charge on any atom is -0.466 e. The number of rotatable bonds is 4. The lowest BCUT2D eigenvalue weighted by atomic mass is 9.95. The van der Waals surface area contributed by atoms with Crippen LogP contribution in [0, 0.1) is 6.92 Å². The number of carbonyl (C=O) groups excluding carboxylic acids is 2. The second kappa shape index (κ2) is 6.40. The molecule has 106 valence electrons. The van der Waals surface area contributed by atoms with Crippen LogP contribution in [0.25, 0.3) is 5.57 Å². The number of benzene rings is 1. The van der Waals surface area contributed by atoms with Crippen LogP contribution < -0.4 is 4.90 Å². The Bertz CT molecular complexity index is 559. The molecular formula is C16H19NO3. The summed E-state index contributed by atoms with van der Waals surface area (Å²) in [5, 5.41) is 0. The van der Waals surface area contributed by atoms with Crippen LogP contribution >= 0.6 is 0 Å². The van der Waals surface area contributed by atoms with Crippen molar-refractivity contribution in [3.63, 3.8) is 0 Å². The lowest BCUT2D eigenvalue weighted by Gasteiger charge is -2.31. The van der Waals surface area contributed by atoms with E-state index in [0.29, 0.717) is 26.0 Å². The molecule has 2 rings (SSSR count). The van der Waals surface area contributed by atoms with Crippen LogP contribution in [0.15, 0.2) is 18.2 Å². The molecule has 4 heteroatoms. The minimum absolute atomic E-state index is 0.183. The summed E-state index contributed by atoms with van der Waals surface area (Å²) in [6.45, 7) is 5.56. The summed E-state index contributed by atoms with van der Waals surface area (Å²) in [6, 6.07) is 6.03. The average molecular weight is 273 g/mol. The number of nitrogens with zero attached hydrogens (tertiary/aromatic N) is 1. The zero-order valence-corrected chi connectivity index (χ0v) is 11.9. The van der Waals surface area contributed by atoms with Gasteiger partial charge >= 0.3 is 5.97 Å². The molecule has 0 radical (unpaired) electrons. The Hall–Kier alpha value is -2.06. The molecule has 0 amide bonds. The molecule has 0 spiro atoms. The highest BCUT2D eigenvalue weighted by atomic mass is 16.5. The summed E-state index contributed by atoms with van der Waals surface area (Å²) in [7, 11) is 0. The molecule has 0 unspecified atom stereocenters. The maximum atomic E-state index is 11.5. The Morgan fingerprint density at radius 2 is 2.25 bits per heavy atom. The lowest BCUT2D eigenvalue weighted by Crippen LogP contribution is -2.31. The standard InChI is InChI=1S/C16H19NO3/c1-3-20-16(19)7-9-17-8-6-13(11-18)14-10-12(2)4-5-15(14)17/h4-5,10H,3,6-9H2,1-2H3. The van der Waals surface area contributed by atoms with Gasteiger partial charge < -0.3 is 9.64 Å². The van der Waals surface area contributed by atoms with Crippen molar-refractivity contribution in [1.82, 2.24) is 0 Å². The van der Waals surface area contributed by atoms with Crippen LogP contribution in [-0.2, 0) is 14.3 Å². The van der Waals surface area contributed by atoms with Crippen molar-refractivity contribution in [2.45, 2.75) is 26.7 Å². The lowest BCUT2D eigenvalue weighted by molar-refractivity contribution is -0.142. The molecule has 0 aliphatic carbocycles. The van der Waals surface area contributed by atoms with Gasteiger partial charge in [-0.25, -0.2) is 4.79 Å². The molecule has 20 heavy (non-hydrogen) atoms. The van der Waals surface area contributed by atoms with E-state index in [-0.39, 0.29) is 5.97 Å². The van der Waals surface area contributed by atoms with Gasteiger partial charge in [0.15, 0.2) is 0 Å². The third kappa shape index (κ3) is 3.09. The number of carbonyl (C=O) groups is 1. The van der Waals surface area contributed by atoms with Gasteiger partial charge in [0.2, 0.25) is 0 Å². The molecule has 0 saturated carbocycles. The monoisotopic (exact) mass is 273 g/mol. The minimum atomic E-state index is -0.183. The Labute approximate surface area is 119 Å². The van der Waals surface area contributed by atoms with Gasteiger partial charge in [-0.2, -0.15) is 0 Å². The topological polar surface area (TPSA) is 46.6 Å². The molecule has 0 fully saturated rings. The first-order valence-electron chi connectivity index (χ1n) is 6.91. The molecule has 1 heterocycles. The summed E-state index contributed by atoms with van der Waals surface area (Å²) >= 11 is 0. The highest BCUT2D eigenvalue weighted by Crippen LogP contribution is 2.33.